The lowest BCUT2D eigenvalue weighted by molar-refractivity contribution is 0.187. The lowest BCUT2D eigenvalue weighted by atomic mass is 10.1. The molecule has 0 saturated carbocycles. The van der Waals surface area contributed by atoms with Gasteiger partial charge in [-0.05, 0) is 25.5 Å². The Morgan fingerprint density at radius 1 is 1.56 bits per heavy atom. The predicted octanol–water partition coefficient (Wildman–Crippen LogP) is 1.85. The maximum Gasteiger partial charge on any atom is 0.169 e. The fourth-order valence-corrected chi connectivity index (χ4v) is 1.82. The van der Waals surface area contributed by atoms with E-state index in [2.05, 4.69) is 10.3 Å². The van der Waals surface area contributed by atoms with E-state index < -0.39 is 0 Å². The van der Waals surface area contributed by atoms with Gasteiger partial charge in [-0.3, -0.25) is 0 Å². The Morgan fingerprint density at radius 3 is 3.12 bits per heavy atom. The van der Waals surface area contributed by atoms with E-state index in [4.69, 9.17) is 9.47 Å². The van der Waals surface area contributed by atoms with Gasteiger partial charge in [0.1, 0.15) is 0 Å². The third-order valence-corrected chi connectivity index (χ3v) is 2.80. The molecular weight excluding hydrogens is 204 g/mol. The second kappa shape index (κ2) is 5.16. The van der Waals surface area contributed by atoms with Crippen LogP contribution < -0.4 is 10.1 Å². The molecule has 1 unspecified atom stereocenters. The molecule has 0 bridgehead atoms. The molecule has 2 rings (SSSR count). The van der Waals surface area contributed by atoms with Gasteiger partial charge in [0.05, 0.1) is 13.7 Å². The number of anilines is 1. The van der Waals surface area contributed by atoms with Crippen molar-refractivity contribution in [1.82, 2.24) is 4.98 Å². The summed E-state index contributed by atoms with van der Waals surface area (Å²) in [6.45, 7) is 4.60. The number of nitrogens with one attached hydrogen (secondary N) is 1. The molecule has 0 radical (unpaired) electrons. The summed E-state index contributed by atoms with van der Waals surface area (Å²) in [4.78, 5) is 4.43. The van der Waals surface area contributed by atoms with Gasteiger partial charge >= 0.3 is 0 Å². The first-order chi connectivity index (χ1) is 7.79. The molecule has 0 aliphatic carbocycles. The maximum atomic E-state index is 5.33. The average Bonchev–Trinajstić information content (AvgIpc) is 2.79. The van der Waals surface area contributed by atoms with Gasteiger partial charge in [-0.25, -0.2) is 4.98 Å². The molecule has 1 aromatic heterocycles. The molecule has 0 amide bonds. The molecule has 1 N–H and O–H groups in total. The summed E-state index contributed by atoms with van der Waals surface area (Å²) in [6, 6.07) is 3.89. The normalized spacial score (nSPS) is 19.8. The Balaban J connectivity index is 1.98. The first-order valence-corrected chi connectivity index (χ1v) is 5.63. The van der Waals surface area contributed by atoms with Crippen molar-refractivity contribution in [3.63, 3.8) is 0 Å². The maximum absolute atomic E-state index is 5.33. The van der Waals surface area contributed by atoms with Crippen LogP contribution in [0.2, 0.25) is 0 Å². The van der Waals surface area contributed by atoms with Crippen molar-refractivity contribution in [2.24, 2.45) is 5.92 Å². The summed E-state index contributed by atoms with van der Waals surface area (Å²) in [5, 5.41) is 3.33. The van der Waals surface area contributed by atoms with Crippen LogP contribution in [0.4, 0.5) is 5.82 Å². The lowest BCUT2D eigenvalue weighted by Crippen LogP contribution is -2.15. The highest BCUT2D eigenvalue weighted by Gasteiger charge is 2.16. The van der Waals surface area contributed by atoms with Gasteiger partial charge in [0.2, 0.25) is 0 Å². The molecule has 4 nitrogen and oxygen atoms in total. The van der Waals surface area contributed by atoms with Crippen molar-refractivity contribution in [1.29, 1.82) is 0 Å². The van der Waals surface area contributed by atoms with Crippen molar-refractivity contribution in [3.05, 3.63) is 17.8 Å². The van der Waals surface area contributed by atoms with Crippen LogP contribution in [-0.4, -0.2) is 31.9 Å². The first-order valence-electron chi connectivity index (χ1n) is 5.63. The number of hydrogen-bond acceptors (Lipinski definition) is 4. The SMILES string of the molecule is COc1ccc(C)nc1NCC1CCOC1. The van der Waals surface area contributed by atoms with Gasteiger partial charge in [0.15, 0.2) is 11.6 Å². The van der Waals surface area contributed by atoms with Crippen LogP contribution in [0.5, 0.6) is 5.75 Å². The highest BCUT2D eigenvalue weighted by molar-refractivity contribution is 5.50. The molecule has 4 heteroatoms. The van der Waals surface area contributed by atoms with E-state index in [1.54, 1.807) is 7.11 Å². The van der Waals surface area contributed by atoms with Crippen molar-refractivity contribution in [2.45, 2.75) is 13.3 Å². The number of hydrogen-bond donors (Lipinski definition) is 1. The van der Waals surface area contributed by atoms with Crippen molar-refractivity contribution >= 4 is 5.82 Å². The van der Waals surface area contributed by atoms with Crippen LogP contribution in [0.1, 0.15) is 12.1 Å². The molecular formula is C12H18N2O2. The first kappa shape index (κ1) is 11.2. The second-order valence-electron chi connectivity index (χ2n) is 4.11. The van der Waals surface area contributed by atoms with E-state index >= 15 is 0 Å². The summed E-state index contributed by atoms with van der Waals surface area (Å²) in [5.41, 5.74) is 0.992. The summed E-state index contributed by atoms with van der Waals surface area (Å²) >= 11 is 0. The van der Waals surface area contributed by atoms with E-state index in [9.17, 15) is 0 Å². The summed E-state index contributed by atoms with van der Waals surface area (Å²) in [7, 11) is 1.66. The zero-order chi connectivity index (χ0) is 11.4. The number of aromatic nitrogens is 1. The zero-order valence-corrected chi connectivity index (χ0v) is 9.82. The minimum Gasteiger partial charge on any atom is -0.493 e. The Bertz CT molecular complexity index is 349. The molecule has 88 valence electrons. The smallest absolute Gasteiger partial charge is 0.169 e. The van der Waals surface area contributed by atoms with Crippen LogP contribution in [0.15, 0.2) is 12.1 Å². The van der Waals surface area contributed by atoms with Crippen LogP contribution in [0.25, 0.3) is 0 Å². The minimum absolute atomic E-state index is 0.590. The highest BCUT2D eigenvalue weighted by Crippen LogP contribution is 2.22. The molecule has 0 aromatic carbocycles. The Labute approximate surface area is 96.0 Å². The molecule has 0 spiro atoms. The second-order valence-corrected chi connectivity index (χ2v) is 4.11. The largest absolute Gasteiger partial charge is 0.493 e. The van der Waals surface area contributed by atoms with E-state index in [1.807, 2.05) is 19.1 Å². The Hall–Kier alpha value is -1.29. The standard InChI is InChI=1S/C12H18N2O2/c1-9-3-4-11(15-2)12(14-9)13-7-10-5-6-16-8-10/h3-4,10H,5-8H2,1-2H3,(H,13,14). The number of aryl methyl sites for hydroxylation is 1. The van der Waals surface area contributed by atoms with Crippen molar-refractivity contribution in [3.8, 4) is 5.75 Å². The monoisotopic (exact) mass is 222 g/mol. The molecule has 1 saturated heterocycles. The van der Waals surface area contributed by atoms with Crippen LogP contribution in [0, 0.1) is 12.8 Å². The zero-order valence-electron chi connectivity index (χ0n) is 9.82. The van der Waals surface area contributed by atoms with Crippen molar-refractivity contribution < 1.29 is 9.47 Å². The number of rotatable bonds is 4. The van der Waals surface area contributed by atoms with Gasteiger partial charge in [-0.15, -0.1) is 0 Å². The number of methoxy groups -OCH3 is 1. The quantitative estimate of drug-likeness (QED) is 0.844. The topological polar surface area (TPSA) is 43.4 Å². The summed E-state index contributed by atoms with van der Waals surface area (Å²) in [5.74, 6) is 2.21. The summed E-state index contributed by atoms with van der Waals surface area (Å²) in [6.07, 6.45) is 1.13. The Morgan fingerprint density at radius 2 is 2.44 bits per heavy atom. The minimum atomic E-state index is 0.590. The summed E-state index contributed by atoms with van der Waals surface area (Å²) < 4.78 is 10.6. The highest BCUT2D eigenvalue weighted by atomic mass is 16.5. The Kier molecular flexibility index (Phi) is 3.62. The van der Waals surface area contributed by atoms with Crippen LogP contribution in [-0.2, 0) is 4.74 Å². The van der Waals surface area contributed by atoms with E-state index in [1.165, 1.54) is 0 Å². The number of pyridine rings is 1. The third kappa shape index (κ3) is 2.64. The predicted molar refractivity (Wildman–Crippen MR) is 62.9 cm³/mol. The number of ether oxygens (including phenoxy) is 2. The molecule has 1 atom stereocenters. The van der Waals surface area contributed by atoms with Gasteiger partial charge < -0.3 is 14.8 Å². The van der Waals surface area contributed by atoms with Gasteiger partial charge in [0, 0.05) is 24.8 Å². The van der Waals surface area contributed by atoms with E-state index in [0.717, 1.165) is 43.4 Å². The fourth-order valence-electron chi connectivity index (χ4n) is 1.82. The average molecular weight is 222 g/mol. The molecule has 1 aliphatic heterocycles. The van der Waals surface area contributed by atoms with E-state index in [0.29, 0.717) is 5.92 Å². The van der Waals surface area contributed by atoms with Crippen LogP contribution in [0.3, 0.4) is 0 Å². The molecule has 16 heavy (non-hydrogen) atoms. The molecule has 1 aromatic rings. The molecule has 2 heterocycles. The lowest BCUT2D eigenvalue weighted by Gasteiger charge is -2.13. The van der Waals surface area contributed by atoms with Gasteiger partial charge in [-0.2, -0.15) is 0 Å². The van der Waals surface area contributed by atoms with Gasteiger partial charge in [-0.1, -0.05) is 0 Å². The van der Waals surface area contributed by atoms with Crippen LogP contribution >= 0.6 is 0 Å². The third-order valence-electron chi connectivity index (χ3n) is 2.80. The molecule has 1 fully saturated rings. The fraction of sp³-hybridized carbons (Fsp3) is 0.583. The number of nitrogens with zero attached hydrogens (tertiary/aromatic N) is 1. The van der Waals surface area contributed by atoms with Crippen molar-refractivity contribution in [2.75, 3.05) is 32.2 Å². The molecule has 1 aliphatic rings. The van der Waals surface area contributed by atoms with Gasteiger partial charge in [0.25, 0.3) is 0 Å². The van der Waals surface area contributed by atoms with E-state index in [-0.39, 0.29) is 0 Å².